The summed E-state index contributed by atoms with van der Waals surface area (Å²) in [6, 6.07) is 0. The maximum Gasteiger partial charge on any atom is 0.0657 e. The molecule has 0 bridgehead atoms. The van der Waals surface area contributed by atoms with Gasteiger partial charge in [-0.1, -0.05) is 25.0 Å². The Morgan fingerprint density at radius 1 is 1.47 bits per heavy atom. The Labute approximate surface area is 94.9 Å². The van der Waals surface area contributed by atoms with Crippen molar-refractivity contribution in [2.75, 3.05) is 6.61 Å². The molecule has 0 aromatic rings. The Bertz CT molecular complexity index is 215. The van der Waals surface area contributed by atoms with Gasteiger partial charge in [-0.3, -0.25) is 0 Å². The van der Waals surface area contributed by atoms with Gasteiger partial charge >= 0.3 is 0 Å². The van der Waals surface area contributed by atoms with E-state index in [0.29, 0.717) is 5.92 Å². The average molecular weight is 210 g/mol. The topological polar surface area (TPSA) is 9.23 Å². The molecule has 1 heteroatoms. The fourth-order valence-corrected chi connectivity index (χ4v) is 2.19. The van der Waals surface area contributed by atoms with E-state index in [9.17, 15) is 0 Å². The SMILES string of the molecule is CCCCOC(C)(C)C1CC=C(C)CC1. The van der Waals surface area contributed by atoms with Crippen molar-refractivity contribution in [2.24, 2.45) is 5.92 Å². The minimum atomic E-state index is 0.0619. The lowest BCUT2D eigenvalue weighted by Crippen LogP contribution is -2.35. The van der Waals surface area contributed by atoms with Crippen LogP contribution in [0, 0.1) is 5.92 Å². The lowest BCUT2D eigenvalue weighted by atomic mass is 9.79. The van der Waals surface area contributed by atoms with E-state index in [-0.39, 0.29) is 5.60 Å². The van der Waals surface area contributed by atoms with E-state index < -0.39 is 0 Å². The van der Waals surface area contributed by atoms with E-state index in [1.165, 1.54) is 32.1 Å². The number of ether oxygens (including phenoxy) is 1. The molecular weight excluding hydrogens is 184 g/mol. The van der Waals surface area contributed by atoms with Crippen molar-refractivity contribution in [1.29, 1.82) is 0 Å². The van der Waals surface area contributed by atoms with Gasteiger partial charge in [-0.05, 0) is 52.4 Å². The lowest BCUT2D eigenvalue weighted by Gasteiger charge is -2.36. The van der Waals surface area contributed by atoms with Crippen molar-refractivity contribution < 1.29 is 4.74 Å². The molecule has 1 nitrogen and oxygen atoms in total. The van der Waals surface area contributed by atoms with Gasteiger partial charge in [0.15, 0.2) is 0 Å². The van der Waals surface area contributed by atoms with Crippen LogP contribution in [0.5, 0.6) is 0 Å². The third-order valence-corrected chi connectivity index (χ3v) is 3.59. The van der Waals surface area contributed by atoms with Crippen molar-refractivity contribution in [1.82, 2.24) is 0 Å². The van der Waals surface area contributed by atoms with Crippen molar-refractivity contribution in [2.45, 2.75) is 65.4 Å². The van der Waals surface area contributed by atoms with Crippen LogP contribution < -0.4 is 0 Å². The second-order valence-electron chi connectivity index (χ2n) is 5.33. The van der Waals surface area contributed by atoms with Gasteiger partial charge in [0.1, 0.15) is 0 Å². The molecule has 0 aromatic heterocycles. The van der Waals surface area contributed by atoms with Gasteiger partial charge in [0.05, 0.1) is 5.60 Å². The summed E-state index contributed by atoms with van der Waals surface area (Å²) in [5.74, 6) is 0.707. The van der Waals surface area contributed by atoms with E-state index in [1.54, 1.807) is 5.57 Å². The number of hydrogen-bond acceptors (Lipinski definition) is 1. The molecule has 0 spiro atoms. The zero-order chi connectivity index (χ0) is 11.3. The maximum atomic E-state index is 6.02. The van der Waals surface area contributed by atoms with Crippen LogP contribution in [0.3, 0.4) is 0 Å². The molecule has 0 radical (unpaired) electrons. The highest BCUT2D eigenvalue weighted by molar-refractivity contribution is 5.05. The molecule has 1 atom stereocenters. The number of rotatable bonds is 5. The first kappa shape index (κ1) is 12.8. The molecule has 1 unspecified atom stereocenters. The van der Waals surface area contributed by atoms with Gasteiger partial charge in [0.2, 0.25) is 0 Å². The van der Waals surface area contributed by atoms with Gasteiger partial charge in [-0.25, -0.2) is 0 Å². The van der Waals surface area contributed by atoms with Gasteiger partial charge in [-0.2, -0.15) is 0 Å². The predicted octanol–water partition coefficient (Wildman–Crippen LogP) is 4.33. The van der Waals surface area contributed by atoms with Gasteiger partial charge < -0.3 is 4.74 Å². The molecule has 0 fully saturated rings. The second kappa shape index (κ2) is 5.69. The van der Waals surface area contributed by atoms with Crippen molar-refractivity contribution in [3.63, 3.8) is 0 Å². The molecule has 0 N–H and O–H groups in total. The Morgan fingerprint density at radius 2 is 2.20 bits per heavy atom. The zero-order valence-corrected chi connectivity index (χ0v) is 10.8. The highest BCUT2D eigenvalue weighted by Gasteiger charge is 2.30. The summed E-state index contributed by atoms with van der Waals surface area (Å²) in [5.41, 5.74) is 1.61. The van der Waals surface area contributed by atoms with Gasteiger partial charge in [-0.15, -0.1) is 0 Å². The van der Waals surface area contributed by atoms with Crippen LogP contribution in [-0.4, -0.2) is 12.2 Å². The summed E-state index contributed by atoms with van der Waals surface area (Å²) < 4.78 is 6.02. The Kier molecular flexibility index (Phi) is 4.85. The van der Waals surface area contributed by atoms with Crippen LogP contribution in [0.4, 0.5) is 0 Å². The Balaban J connectivity index is 2.40. The molecular formula is C14H26O. The molecule has 15 heavy (non-hydrogen) atoms. The first-order valence-corrected chi connectivity index (χ1v) is 6.36. The number of unbranched alkanes of at least 4 members (excludes halogenated alkanes) is 1. The molecule has 0 amide bonds. The molecule has 0 saturated heterocycles. The molecule has 0 aliphatic heterocycles. The summed E-state index contributed by atoms with van der Waals surface area (Å²) >= 11 is 0. The highest BCUT2D eigenvalue weighted by atomic mass is 16.5. The summed E-state index contributed by atoms with van der Waals surface area (Å²) in [6.45, 7) is 9.87. The molecule has 0 heterocycles. The largest absolute Gasteiger partial charge is 0.375 e. The predicted molar refractivity (Wildman–Crippen MR) is 66.0 cm³/mol. The lowest BCUT2D eigenvalue weighted by molar-refractivity contribution is -0.0638. The third-order valence-electron chi connectivity index (χ3n) is 3.59. The standard InChI is InChI=1S/C14H26O/c1-5-6-11-15-14(3,4)13-9-7-12(2)8-10-13/h7,13H,5-6,8-11H2,1-4H3. The van der Waals surface area contributed by atoms with E-state index in [1.807, 2.05) is 0 Å². The Hall–Kier alpha value is -0.300. The first-order valence-electron chi connectivity index (χ1n) is 6.36. The van der Waals surface area contributed by atoms with E-state index in [0.717, 1.165) is 6.61 Å². The summed E-state index contributed by atoms with van der Waals surface area (Å²) in [4.78, 5) is 0. The third kappa shape index (κ3) is 3.98. The van der Waals surface area contributed by atoms with Gasteiger partial charge in [0.25, 0.3) is 0 Å². The van der Waals surface area contributed by atoms with Gasteiger partial charge in [0, 0.05) is 6.61 Å². The number of hydrogen-bond donors (Lipinski definition) is 0. The van der Waals surface area contributed by atoms with Crippen LogP contribution >= 0.6 is 0 Å². The average Bonchev–Trinajstić information content (AvgIpc) is 2.18. The normalized spacial score (nSPS) is 22.7. The monoisotopic (exact) mass is 210 g/mol. The van der Waals surface area contributed by atoms with Crippen LogP contribution in [0.15, 0.2) is 11.6 Å². The smallest absolute Gasteiger partial charge is 0.0657 e. The van der Waals surface area contributed by atoms with Crippen LogP contribution in [-0.2, 0) is 4.74 Å². The van der Waals surface area contributed by atoms with Crippen molar-refractivity contribution >= 4 is 0 Å². The molecule has 1 rings (SSSR count). The first-order chi connectivity index (χ1) is 7.06. The Morgan fingerprint density at radius 3 is 2.73 bits per heavy atom. The fraction of sp³-hybridized carbons (Fsp3) is 0.857. The van der Waals surface area contributed by atoms with Crippen molar-refractivity contribution in [3.8, 4) is 0 Å². The van der Waals surface area contributed by atoms with Crippen LogP contribution in [0.25, 0.3) is 0 Å². The zero-order valence-electron chi connectivity index (χ0n) is 10.8. The van der Waals surface area contributed by atoms with Crippen LogP contribution in [0.1, 0.15) is 59.8 Å². The maximum absolute atomic E-state index is 6.02. The molecule has 88 valence electrons. The van der Waals surface area contributed by atoms with Crippen LogP contribution in [0.2, 0.25) is 0 Å². The second-order valence-corrected chi connectivity index (χ2v) is 5.33. The van der Waals surface area contributed by atoms with E-state index >= 15 is 0 Å². The molecule has 0 saturated carbocycles. The molecule has 1 aliphatic carbocycles. The minimum absolute atomic E-state index is 0.0619. The van der Waals surface area contributed by atoms with E-state index in [4.69, 9.17) is 4.74 Å². The van der Waals surface area contributed by atoms with Crippen molar-refractivity contribution in [3.05, 3.63) is 11.6 Å². The molecule has 1 aliphatic rings. The quantitative estimate of drug-likeness (QED) is 0.485. The minimum Gasteiger partial charge on any atom is -0.375 e. The summed E-state index contributed by atoms with van der Waals surface area (Å²) in [6.07, 6.45) is 8.54. The number of allylic oxidation sites excluding steroid dienone is 2. The fourth-order valence-electron chi connectivity index (χ4n) is 2.19. The highest BCUT2D eigenvalue weighted by Crippen LogP contribution is 2.34. The van der Waals surface area contributed by atoms with E-state index in [2.05, 4.69) is 33.8 Å². The summed E-state index contributed by atoms with van der Waals surface area (Å²) in [7, 11) is 0. The molecule has 0 aromatic carbocycles. The summed E-state index contributed by atoms with van der Waals surface area (Å²) in [5, 5.41) is 0.